The maximum Gasteiger partial charge on any atom is 0.408 e. The van der Waals surface area contributed by atoms with Gasteiger partial charge in [0, 0.05) is 5.92 Å². The summed E-state index contributed by atoms with van der Waals surface area (Å²) in [6.07, 6.45) is -4.01. The number of amides is 1. The highest BCUT2D eigenvalue weighted by Crippen LogP contribution is 2.19. The molecular weight excluding hydrogens is 197 g/mol. The molecule has 14 heavy (non-hydrogen) atoms. The number of nitrogens with one attached hydrogen (secondary N) is 1. The smallest absolute Gasteiger partial charge is 0.344 e. The Morgan fingerprint density at radius 2 is 1.93 bits per heavy atom. The lowest BCUT2D eigenvalue weighted by Gasteiger charge is -2.19. The second-order valence-electron chi connectivity index (χ2n) is 3.25. The van der Waals surface area contributed by atoms with Gasteiger partial charge in [0.25, 0.3) is 0 Å². The Hall–Kier alpha value is -0.780. The molecule has 0 aromatic heterocycles. The molecule has 0 spiro atoms. The van der Waals surface area contributed by atoms with Gasteiger partial charge in [-0.05, 0) is 19.9 Å². The van der Waals surface area contributed by atoms with E-state index >= 15 is 0 Å². The Labute approximate surface area is 80.8 Å². The standard InChI is InChI=1S/C8H15F3N2O/c1-5(3-4-12)7(14)13-6(2)8(9,10)11/h5-6H,3-4,12H2,1-2H3,(H,13,14). The van der Waals surface area contributed by atoms with E-state index < -0.39 is 24.0 Å². The minimum Gasteiger partial charge on any atom is -0.344 e. The summed E-state index contributed by atoms with van der Waals surface area (Å²) in [5.41, 5.74) is 5.18. The van der Waals surface area contributed by atoms with Gasteiger partial charge in [-0.15, -0.1) is 0 Å². The first kappa shape index (κ1) is 13.2. The van der Waals surface area contributed by atoms with Gasteiger partial charge in [0.15, 0.2) is 0 Å². The van der Waals surface area contributed by atoms with Crippen LogP contribution in [0.25, 0.3) is 0 Å². The lowest BCUT2D eigenvalue weighted by Crippen LogP contribution is -2.45. The van der Waals surface area contributed by atoms with Crippen LogP contribution in [0, 0.1) is 5.92 Å². The van der Waals surface area contributed by atoms with Crippen molar-refractivity contribution >= 4 is 5.91 Å². The zero-order chi connectivity index (χ0) is 11.4. The number of carbonyl (C=O) groups excluding carboxylic acids is 1. The predicted molar refractivity (Wildman–Crippen MR) is 46.5 cm³/mol. The Balaban J connectivity index is 4.06. The molecule has 0 aromatic carbocycles. The summed E-state index contributed by atoms with van der Waals surface area (Å²) in [6.45, 7) is 2.74. The number of alkyl halides is 3. The van der Waals surface area contributed by atoms with Crippen molar-refractivity contribution in [1.82, 2.24) is 5.32 Å². The molecule has 0 aliphatic rings. The van der Waals surface area contributed by atoms with Gasteiger partial charge in [-0.2, -0.15) is 13.2 Å². The van der Waals surface area contributed by atoms with E-state index in [0.29, 0.717) is 6.42 Å². The molecule has 0 saturated heterocycles. The first-order chi connectivity index (χ1) is 6.29. The monoisotopic (exact) mass is 212 g/mol. The van der Waals surface area contributed by atoms with Crippen molar-refractivity contribution in [3.63, 3.8) is 0 Å². The van der Waals surface area contributed by atoms with Gasteiger partial charge in [-0.1, -0.05) is 6.92 Å². The molecule has 0 aliphatic carbocycles. The normalized spacial score (nSPS) is 16.1. The molecule has 3 nitrogen and oxygen atoms in total. The molecule has 0 aromatic rings. The molecule has 2 unspecified atom stereocenters. The highest BCUT2D eigenvalue weighted by molar-refractivity contribution is 5.78. The van der Waals surface area contributed by atoms with Gasteiger partial charge in [0.2, 0.25) is 5.91 Å². The number of halogens is 3. The summed E-state index contributed by atoms with van der Waals surface area (Å²) in [7, 11) is 0. The summed E-state index contributed by atoms with van der Waals surface area (Å²) in [5.74, 6) is -1.09. The largest absolute Gasteiger partial charge is 0.408 e. The van der Waals surface area contributed by atoms with E-state index in [4.69, 9.17) is 5.73 Å². The molecule has 0 fully saturated rings. The maximum atomic E-state index is 12.0. The zero-order valence-corrected chi connectivity index (χ0v) is 8.19. The van der Waals surface area contributed by atoms with Crippen molar-refractivity contribution in [2.24, 2.45) is 11.7 Å². The van der Waals surface area contributed by atoms with E-state index in [0.717, 1.165) is 6.92 Å². The molecule has 1 amide bonds. The van der Waals surface area contributed by atoms with E-state index in [9.17, 15) is 18.0 Å². The van der Waals surface area contributed by atoms with Gasteiger partial charge >= 0.3 is 6.18 Å². The molecule has 6 heteroatoms. The number of nitrogens with two attached hydrogens (primary N) is 1. The van der Waals surface area contributed by atoms with Gasteiger partial charge in [-0.25, -0.2) is 0 Å². The van der Waals surface area contributed by atoms with Crippen molar-refractivity contribution in [2.75, 3.05) is 6.54 Å². The average molecular weight is 212 g/mol. The second-order valence-corrected chi connectivity index (χ2v) is 3.25. The van der Waals surface area contributed by atoms with E-state index in [1.807, 2.05) is 5.32 Å². The highest BCUT2D eigenvalue weighted by atomic mass is 19.4. The Morgan fingerprint density at radius 1 is 1.43 bits per heavy atom. The molecule has 0 rings (SSSR count). The van der Waals surface area contributed by atoms with Crippen molar-refractivity contribution in [3.05, 3.63) is 0 Å². The zero-order valence-electron chi connectivity index (χ0n) is 8.19. The molecule has 0 bridgehead atoms. The van der Waals surface area contributed by atoms with Crippen LogP contribution < -0.4 is 11.1 Å². The van der Waals surface area contributed by atoms with Crippen molar-refractivity contribution in [1.29, 1.82) is 0 Å². The average Bonchev–Trinajstić information content (AvgIpc) is 2.02. The maximum absolute atomic E-state index is 12.0. The molecule has 84 valence electrons. The van der Waals surface area contributed by atoms with Crippen LogP contribution in [0.4, 0.5) is 13.2 Å². The van der Waals surface area contributed by atoms with Crippen LogP contribution in [-0.2, 0) is 4.79 Å². The van der Waals surface area contributed by atoms with Gasteiger partial charge in [0.05, 0.1) is 0 Å². The van der Waals surface area contributed by atoms with E-state index in [1.54, 1.807) is 6.92 Å². The third-order valence-electron chi connectivity index (χ3n) is 1.90. The number of hydrogen-bond acceptors (Lipinski definition) is 2. The van der Waals surface area contributed by atoms with Crippen molar-refractivity contribution < 1.29 is 18.0 Å². The Morgan fingerprint density at radius 3 is 2.29 bits per heavy atom. The van der Waals surface area contributed by atoms with Crippen LogP contribution in [0.3, 0.4) is 0 Å². The molecule has 3 N–H and O–H groups in total. The second kappa shape index (κ2) is 5.19. The van der Waals surface area contributed by atoms with Crippen LogP contribution in [-0.4, -0.2) is 24.7 Å². The van der Waals surface area contributed by atoms with Gasteiger partial charge < -0.3 is 11.1 Å². The highest BCUT2D eigenvalue weighted by Gasteiger charge is 2.37. The number of rotatable bonds is 4. The van der Waals surface area contributed by atoms with Crippen LogP contribution >= 0.6 is 0 Å². The number of carbonyl (C=O) groups is 1. The molecule has 0 aliphatic heterocycles. The van der Waals surface area contributed by atoms with E-state index in [1.165, 1.54) is 0 Å². The quantitative estimate of drug-likeness (QED) is 0.731. The lowest BCUT2D eigenvalue weighted by atomic mass is 10.1. The summed E-state index contributed by atoms with van der Waals surface area (Å²) < 4.78 is 36.1. The topological polar surface area (TPSA) is 55.1 Å². The van der Waals surface area contributed by atoms with Crippen LogP contribution in [0.1, 0.15) is 20.3 Å². The first-order valence-electron chi connectivity index (χ1n) is 4.36. The minimum absolute atomic E-state index is 0.287. The molecule has 0 radical (unpaired) electrons. The fraction of sp³-hybridized carbons (Fsp3) is 0.875. The molecule has 0 saturated carbocycles. The first-order valence-corrected chi connectivity index (χ1v) is 4.36. The summed E-state index contributed by atoms with van der Waals surface area (Å²) in [5, 5.41) is 1.88. The van der Waals surface area contributed by atoms with Crippen molar-refractivity contribution in [2.45, 2.75) is 32.5 Å². The third kappa shape index (κ3) is 4.45. The van der Waals surface area contributed by atoms with Crippen LogP contribution in [0.5, 0.6) is 0 Å². The summed E-state index contributed by atoms with van der Waals surface area (Å²) >= 11 is 0. The summed E-state index contributed by atoms with van der Waals surface area (Å²) in [6, 6.07) is -1.81. The fourth-order valence-electron chi connectivity index (χ4n) is 0.819. The van der Waals surface area contributed by atoms with Gasteiger partial charge in [-0.3, -0.25) is 4.79 Å². The van der Waals surface area contributed by atoms with Crippen LogP contribution in [0.2, 0.25) is 0 Å². The van der Waals surface area contributed by atoms with E-state index in [-0.39, 0.29) is 6.54 Å². The SMILES string of the molecule is CC(CCN)C(=O)NC(C)C(F)(F)F. The Kier molecular flexibility index (Phi) is 4.90. The lowest BCUT2D eigenvalue weighted by molar-refractivity contribution is -0.159. The van der Waals surface area contributed by atoms with Crippen LogP contribution in [0.15, 0.2) is 0 Å². The minimum atomic E-state index is -4.39. The summed E-state index contributed by atoms with van der Waals surface area (Å²) in [4.78, 5) is 11.1. The Bertz CT molecular complexity index is 194. The predicted octanol–water partition coefficient (Wildman–Crippen LogP) is 1.04. The molecular formula is C8H15F3N2O. The molecule has 2 atom stereocenters. The number of hydrogen-bond donors (Lipinski definition) is 2. The van der Waals surface area contributed by atoms with Crippen molar-refractivity contribution in [3.8, 4) is 0 Å². The fourth-order valence-corrected chi connectivity index (χ4v) is 0.819. The third-order valence-corrected chi connectivity index (χ3v) is 1.90. The van der Waals surface area contributed by atoms with E-state index in [2.05, 4.69) is 0 Å². The van der Waals surface area contributed by atoms with Gasteiger partial charge in [0.1, 0.15) is 6.04 Å². The molecule has 0 heterocycles.